The smallest absolute Gasteiger partial charge is 0.233 e. The van der Waals surface area contributed by atoms with Crippen molar-refractivity contribution in [1.29, 1.82) is 0 Å². The van der Waals surface area contributed by atoms with E-state index in [0.29, 0.717) is 5.95 Å². The molecule has 0 saturated carbocycles. The first kappa shape index (κ1) is 10.8. The normalized spacial score (nSPS) is 10.5. The molecule has 2 N–H and O–H groups in total. The van der Waals surface area contributed by atoms with E-state index in [4.69, 9.17) is 5.73 Å². The standard InChI is InChI=1S/C8H9BrN4S2/c1-13(8-11-7(10)12-15-8)3-5-2-6(9)14-4-5/h2,4H,3H2,1H3,(H2,10,12). The molecule has 4 nitrogen and oxygen atoms in total. The van der Waals surface area contributed by atoms with Crippen molar-refractivity contribution in [3.63, 3.8) is 0 Å². The summed E-state index contributed by atoms with van der Waals surface area (Å²) in [6, 6.07) is 2.10. The molecule has 7 heteroatoms. The lowest BCUT2D eigenvalue weighted by molar-refractivity contribution is 0.919. The number of nitrogens with two attached hydrogens (primary N) is 1. The Morgan fingerprint density at radius 2 is 2.40 bits per heavy atom. The van der Waals surface area contributed by atoms with E-state index in [0.717, 1.165) is 15.5 Å². The summed E-state index contributed by atoms with van der Waals surface area (Å²) in [5.41, 5.74) is 6.72. The predicted octanol–water partition coefficient (Wildman–Crippen LogP) is 2.58. The van der Waals surface area contributed by atoms with Crippen molar-refractivity contribution >= 4 is 49.9 Å². The van der Waals surface area contributed by atoms with Crippen molar-refractivity contribution < 1.29 is 0 Å². The molecule has 2 aromatic rings. The second-order valence-electron chi connectivity index (χ2n) is 3.05. The van der Waals surface area contributed by atoms with Gasteiger partial charge in [0.05, 0.1) is 3.79 Å². The SMILES string of the molecule is CN(Cc1csc(Br)c1)c1nc(N)ns1. The van der Waals surface area contributed by atoms with Crippen LogP contribution in [-0.2, 0) is 6.54 Å². The van der Waals surface area contributed by atoms with E-state index >= 15 is 0 Å². The average molecular weight is 305 g/mol. The molecule has 0 saturated heterocycles. The number of nitrogens with zero attached hydrogens (tertiary/aromatic N) is 3. The van der Waals surface area contributed by atoms with Gasteiger partial charge in [-0.2, -0.15) is 9.36 Å². The molecular weight excluding hydrogens is 296 g/mol. The van der Waals surface area contributed by atoms with Gasteiger partial charge in [-0.1, -0.05) is 0 Å². The van der Waals surface area contributed by atoms with Crippen molar-refractivity contribution in [1.82, 2.24) is 9.36 Å². The second-order valence-corrected chi connectivity index (χ2v) is 6.07. The molecule has 0 spiro atoms. The second kappa shape index (κ2) is 4.46. The summed E-state index contributed by atoms with van der Waals surface area (Å²) in [4.78, 5) is 6.15. The van der Waals surface area contributed by atoms with E-state index in [1.165, 1.54) is 17.1 Å². The zero-order valence-electron chi connectivity index (χ0n) is 7.98. The molecule has 2 aromatic heterocycles. The molecule has 0 amide bonds. The minimum absolute atomic E-state index is 0.341. The van der Waals surface area contributed by atoms with Gasteiger partial charge in [-0.3, -0.25) is 0 Å². The molecule has 2 rings (SSSR count). The Hall–Kier alpha value is -0.660. The Morgan fingerprint density at radius 1 is 1.60 bits per heavy atom. The summed E-state index contributed by atoms with van der Waals surface area (Å²) in [5, 5.41) is 2.96. The summed E-state index contributed by atoms with van der Waals surface area (Å²) >= 11 is 6.43. The van der Waals surface area contributed by atoms with Gasteiger partial charge in [-0.15, -0.1) is 11.3 Å². The molecule has 0 unspecified atom stereocenters. The molecule has 80 valence electrons. The van der Waals surface area contributed by atoms with Crippen molar-refractivity contribution in [3.05, 3.63) is 20.8 Å². The first-order valence-corrected chi connectivity index (χ1v) is 6.63. The first-order chi connectivity index (χ1) is 7.15. The maximum atomic E-state index is 5.47. The number of anilines is 2. The van der Waals surface area contributed by atoms with Crippen LogP contribution in [0.5, 0.6) is 0 Å². The Kier molecular flexibility index (Phi) is 3.22. The van der Waals surface area contributed by atoms with Gasteiger partial charge < -0.3 is 10.6 Å². The molecular formula is C8H9BrN4S2. The topological polar surface area (TPSA) is 55.0 Å². The van der Waals surface area contributed by atoms with Gasteiger partial charge in [-0.05, 0) is 32.9 Å². The number of rotatable bonds is 3. The van der Waals surface area contributed by atoms with E-state index < -0.39 is 0 Å². The third kappa shape index (κ3) is 2.67. The maximum absolute atomic E-state index is 5.47. The summed E-state index contributed by atoms with van der Waals surface area (Å²) < 4.78 is 5.09. The van der Waals surface area contributed by atoms with E-state index in [-0.39, 0.29) is 0 Å². The lowest BCUT2D eigenvalue weighted by Crippen LogP contribution is -2.15. The number of hydrogen-bond donors (Lipinski definition) is 1. The lowest BCUT2D eigenvalue weighted by atomic mass is 10.3. The monoisotopic (exact) mass is 304 g/mol. The Morgan fingerprint density at radius 3 is 2.93 bits per heavy atom. The van der Waals surface area contributed by atoms with Crippen LogP contribution in [0.15, 0.2) is 15.2 Å². The van der Waals surface area contributed by atoms with E-state index in [2.05, 4.69) is 36.7 Å². The fourth-order valence-electron chi connectivity index (χ4n) is 1.15. The molecule has 2 heterocycles. The minimum Gasteiger partial charge on any atom is -0.367 e. The summed E-state index contributed by atoms with van der Waals surface area (Å²) in [7, 11) is 1.98. The summed E-state index contributed by atoms with van der Waals surface area (Å²) in [6.07, 6.45) is 0. The van der Waals surface area contributed by atoms with Crippen LogP contribution < -0.4 is 10.6 Å². The van der Waals surface area contributed by atoms with E-state index in [1.807, 2.05) is 11.9 Å². The van der Waals surface area contributed by atoms with Gasteiger partial charge in [0, 0.05) is 25.1 Å². The highest BCUT2D eigenvalue weighted by molar-refractivity contribution is 9.11. The zero-order chi connectivity index (χ0) is 10.8. The van der Waals surface area contributed by atoms with Crippen LogP contribution in [0, 0.1) is 0 Å². The third-order valence-electron chi connectivity index (χ3n) is 1.80. The molecule has 0 aromatic carbocycles. The quantitative estimate of drug-likeness (QED) is 0.947. The molecule has 0 aliphatic heterocycles. The molecule has 0 radical (unpaired) electrons. The van der Waals surface area contributed by atoms with Gasteiger partial charge in [0.1, 0.15) is 0 Å². The van der Waals surface area contributed by atoms with Crippen molar-refractivity contribution in [3.8, 4) is 0 Å². The van der Waals surface area contributed by atoms with Gasteiger partial charge >= 0.3 is 0 Å². The van der Waals surface area contributed by atoms with Crippen molar-refractivity contribution in [2.75, 3.05) is 17.7 Å². The molecule has 0 fully saturated rings. The third-order valence-corrected chi connectivity index (χ3v) is 4.20. The number of nitrogen functional groups attached to an aromatic ring is 1. The van der Waals surface area contributed by atoms with Crippen molar-refractivity contribution in [2.45, 2.75) is 6.54 Å². The Balaban J connectivity index is 2.06. The predicted molar refractivity (Wildman–Crippen MR) is 68.4 cm³/mol. The van der Waals surface area contributed by atoms with Crippen LogP contribution in [-0.4, -0.2) is 16.4 Å². The highest BCUT2D eigenvalue weighted by Gasteiger charge is 2.08. The lowest BCUT2D eigenvalue weighted by Gasteiger charge is -2.13. The highest BCUT2D eigenvalue weighted by atomic mass is 79.9. The van der Waals surface area contributed by atoms with E-state index in [9.17, 15) is 0 Å². The van der Waals surface area contributed by atoms with Gasteiger partial charge in [0.2, 0.25) is 11.1 Å². The van der Waals surface area contributed by atoms with E-state index in [1.54, 1.807) is 11.3 Å². The largest absolute Gasteiger partial charge is 0.367 e. The maximum Gasteiger partial charge on any atom is 0.233 e. The molecule has 0 aliphatic carbocycles. The number of halogens is 1. The first-order valence-electron chi connectivity index (χ1n) is 4.18. The Bertz CT molecular complexity index is 453. The molecule has 0 bridgehead atoms. The summed E-state index contributed by atoms with van der Waals surface area (Å²) in [5.74, 6) is 0.341. The van der Waals surface area contributed by atoms with Gasteiger partial charge in [0.25, 0.3) is 0 Å². The zero-order valence-corrected chi connectivity index (χ0v) is 11.2. The minimum atomic E-state index is 0.341. The number of aromatic nitrogens is 2. The molecule has 15 heavy (non-hydrogen) atoms. The number of hydrogen-bond acceptors (Lipinski definition) is 6. The van der Waals surface area contributed by atoms with Crippen molar-refractivity contribution in [2.24, 2.45) is 0 Å². The average Bonchev–Trinajstić information content (AvgIpc) is 2.75. The van der Waals surface area contributed by atoms with Crippen LogP contribution >= 0.6 is 38.8 Å². The van der Waals surface area contributed by atoms with Gasteiger partial charge in [-0.25, -0.2) is 0 Å². The van der Waals surface area contributed by atoms with Crippen LogP contribution in [0.25, 0.3) is 0 Å². The summed E-state index contributed by atoms with van der Waals surface area (Å²) in [6.45, 7) is 0.816. The fraction of sp³-hybridized carbons (Fsp3) is 0.250. The van der Waals surface area contributed by atoms with Gasteiger partial charge in [0.15, 0.2) is 0 Å². The fourth-order valence-corrected chi connectivity index (χ4v) is 2.91. The van der Waals surface area contributed by atoms with Crippen LogP contribution in [0.1, 0.15) is 5.56 Å². The number of thiophene rings is 1. The molecule has 0 atom stereocenters. The van der Waals surface area contributed by atoms with Crippen LogP contribution in [0.3, 0.4) is 0 Å². The van der Waals surface area contributed by atoms with Crippen LogP contribution in [0.4, 0.5) is 11.1 Å². The van der Waals surface area contributed by atoms with Crippen LogP contribution in [0.2, 0.25) is 0 Å². The molecule has 0 aliphatic rings. The highest BCUT2D eigenvalue weighted by Crippen LogP contribution is 2.24. The Labute approximate surface area is 104 Å².